The van der Waals surface area contributed by atoms with E-state index in [0.29, 0.717) is 0 Å². The van der Waals surface area contributed by atoms with Crippen molar-refractivity contribution in [1.82, 2.24) is 0 Å². The maximum Gasteiger partial charge on any atom is 0 e. The van der Waals surface area contributed by atoms with E-state index < -0.39 is 0 Å². The van der Waals surface area contributed by atoms with Crippen LogP contribution in [0, 0.1) is 111 Å². The summed E-state index contributed by atoms with van der Waals surface area (Å²) in [5, 5.41) is 12.2. The third kappa shape index (κ3) is 64.3. The molecular formula is C24H36N2O2U2V2W2-6. The van der Waals surface area contributed by atoms with Gasteiger partial charge in [-0.2, -0.15) is 0 Å². The molecule has 2 radical (unpaired) electrons. The first kappa shape index (κ1) is 65.3. The van der Waals surface area contributed by atoms with Gasteiger partial charge in [0.2, 0.25) is 0 Å². The van der Waals surface area contributed by atoms with Crippen molar-refractivity contribution >= 4 is 20.2 Å². The Morgan fingerprint density at radius 1 is 0.735 bits per heavy atom. The Labute approximate surface area is 302 Å². The molecule has 34 heavy (non-hydrogen) atoms. The average molecular weight is 1330 g/mol. The minimum atomic E-state index is 0. The number of allylic oxidation sites excluding steroid dienone is 10. The number of nitrogens with one attached hydrogen (secondary N) is 2. The molecule has 0 aromatic rings. The summed E-state index contributed by atoms with van der Waals surface area (Å²) >= 11 is 2.85. The second-order valence-corrected chi connectivity index (χ2v) is 8.94. The summed E-state index contributed by atoms with van der Waals surface area (Å²) in [7, 11) is 0. The van der Waals surface area contributed by atoms with Crippen molar-refractivity contribution in [2.75, 3.05) is 0 Å². The molecule has 0 aliphatic carbocycles. The molecule has 0 bridgehead atoms. The monoisotopic (exact) mass is 1330 g/mol. The molecule has 0 aliphatic rings. The van der Waals surface area contributed by atoms with Gasteiger partial charge in [0.05, 0.1) is 0 Å². The Bertz CT molecular complexity index is 558. The normalized spacial score (nSPS) is 8.53. The van der Waals surface area contributed by atoms with E-state index in [1.165, 1.54) is 58.9 Å². The summed E-state index contributed by atoms with van der Waals surface area (Å²) < 4.78 is 2.50. The number of hydrogen-bond acceptors (Lipinski definition) is 2. The molecule has 0 spiro atoms. The Kier molecular flexibility index (Phi) is 115. The zero-order valence-corrected chi connectivity index (χ0v) is 37.7. The van der Waals surface area contributed by atoms with Crippen LogP contribution in [0.5, 0.6) is 0 Å². The second kappa shape index (κ2) is 59.9. The van der Waals surface area contributed by atoms with Gasteiger partial charge in [0, 0.05) is 99.3 Å². The van der Waals surface area contributed by atoms with Crippen LogP contribution in [0.3, 0.4) is 0 Å². The predicted octanol–water partition coefficient (Wildman–Crippen LogP) is 4.08. The van der Waals surface area contributed by atoms with Crippen molar-refractivity contribution in [2.24, 2.45) is 0 Å². The molecule has 10 heteroatoms. The van der Waals surface area contributed by atoms with E-state index >= 15 is 0 Å². The van der Waals surface area contributed by atoms with E-state index in [0.717, 1.165) is 24.0 Å². The van der Waals surface area contributed by atoms with Crippen LogP contribution in [0.1, 0.15) is 54.4 Å². The summed E-state index contributed by atoms with van der Waals surface area (Å²) in [6.45, 7) is 22.2. The smallest absolute Gasteiger partial charge is 0 e. The van der Waals surface area contributed by atoms with Crippen molar-refractivity contribution in [1.29, 1.82) is 10.8 Å². The molecule has 0 aliphatic heterocycles. The van der Waals surface area contributed by atoms with Gasteiger partial charge in [-0.15, -0.1) is 0 Å². The quantitative estimate of drug-likeness (QED) is 0.208. The standard InChI is InChI=1S/2C10H11.2C2H5N.2H2O.2U.2V.2W/c2*1-4-7-8-9-10(5-2)6-3;2*1-2-3;;;;;;;;/h2*2,5,8H,4H2,1,3H3;2*2-3H,1H3;2*1H2;;;;;;/q2*-3;;;;;;;;;;. The zero-order chi connectivity index (χ0) is 22.8. The maximum atomic E-state index is 6.08. The predicted molar refractivity (Wildman–Crippen MR) is 125 cm³/mol. The van der Waals surface area contributed by atoms with Crippen molar-refractivity contribution in [3.8, 4) is 0 Å². The fraction of sp³-hybridized carbons (Fsp3) is 0.333. The van der Waals surface area contributed by atoms with Gasteiger partial charge < -0.3 is 21.8 Å². The molecule has 6 N–H and O–H groups in total. The molecule has 0 amide bonds. The Hall–Kier alpha value is 2.09. The van der Waals surface area contributed by atoms with Crippen molar-refractivity contribution in [2.45, 2.75) is 54.4 Å². The van der Waals surface area contributed by atoms with Crippen LogP contribution >= 0.6 is 0 Å². The summed E-state index contributed by atoms with van der Waals surface area (Å²) in [4.78, 5) is 0. The molecule has 0 atom stereocenters. The zero-order valence-electron chi connectivity index (χ0n) is 20.7. The first-order chi connectivity index (χ1) is 13.3. The summed E-state index contributed by atoms with van der Waals surface area (Å²) in [5.41, 5.74) is 1.97. The van der Waals surface area contributed by atoms with Crippen LogP contribution in [-0.4, -0.2) is 31.2 Å². The Morgan fingerprint density at radius 2 is 0.941 bits per heavy atom. The van der Waals surface area contributed by atoms with E-state index in [9.17, 15) is 0 Å². The molecular weight excluding hydrogens is 1290 g/mol. The van der Waals surface area contributed by atoms with Gasteiger partial charge in [-0.05, 0) is 26.3 Å². The molecule has 0 unspecified atom stereocenters. The van der Waals surface area contributed by atoms with Gasteiger partial charge in [-0.1, -0.05) is 0 Å². The third-order valence-corrected chi connectivity index (χ3v) is 3.74. The van der Waals surface area contributed by atoms with Crippen LogP contribution < -0.4 is 0 Å². The van der Waals surface area contributed by atoms with Crippen LogP contribution in [0.25, 0.3) is 0 Å². The van der Waals surface area contributed by atoms with Crippen molar-refractivity contribution in [3.63, 3.8) is 0 Å². The molecule has 0 aromatic heterocycles. The number of rotatable bonds is 8. The molecule has 0 heterocycles. The van der Waals surface area contributed by atoms with E-state index in [1.807, 2.05) is 27.7 Å². The van der Waals surface area contributed by atoms with Crippen LogP contribution in [0.15, 0.2) is 35.5 Å². The average Bonchev–Trinajstić information content (AvgIpc) is 2.64. The van der Waals surface area contributed by atoms with Crippen LogP contribution in [-0.2, 0) is 75.8 Å². The molecule has 0 saturated carbocycles. The van der Waals surface area contributed by atoms with E-state index in [-0.39, 0.29) is 110 Å². The van der Waals surface area contributed by atoms with Crippen LogP contribution in [0.4, 0.5) is 0 Å². The Balaban J connectivity index is -0.0000000300. The minimum absolute atomic E-state index is 0. The second-order valence-electron chi connectivity index (χ2n) is 4.54. The van der Waals surface area contributed by atoms with Crippen molar-refractivity contribution in [3.05, 3.63) is 72.9 Å². The van der Waals surface area contributed by atoms with E-state index in [2.05, 4.69) is 24.3 Å². The topological polar surface area (TPSA) is 111 Å². The molecule has 0 fully saturated rings. The largest absolute Gasteiger partial charge is 0 e. The summed E-state index contributed by atoms with van der Waals surface area (Å²) in [5.74, 6) is 0. The van der Waals surface area contributed by atoms with Crippen molar-refractivity contribution < 1.29 is 149 Å². The van der Waals surface area contributed by atoms with Gasteiger partial charge in [-0.3, -0.25) is 0 Å². The van der Waals surface area contributed by atoms with Gasteiger partial charge in [0.15, 0.2) is 0 Å². The molecule has 0 saturated heterocycles. The SMILES string of the molecule is CC=N.CC=N.O.O.[CH-]=CC(=[C-]C=[C-]CC)[C](C)=[W].[CH-]=CC(=[C-]C=[C-]CC)[C](C)=[W].[U].[U].[V].[V]. The fourth-order valence-corrected chi connectivity index (χ4v) is 1.91. The van der Waals surface area contributed by atoms with Crippen LogP contribution in [0.2, 0.25) is 0 Å². The van der Waals surface area contributed by atoms with Gasteiger partial charge in [-0.25, -0.2) is 0 Å². The molecule has 190 valence electrons. The van der Waals surface area contributed by atoms with Gasteiger partial charge in [0.1, 0.15) is 0 Å². The fourth-order valence-electron chi connectivity index (χ4n) is 0.996. The Morgan fingerprint density at radius 3 is 1.06 bits per heavy atom. The minimum Gasteiger partial charge on any atom is 0 e. The molecule has 0 rings (SSSR count). The first-order valence-corrected chi connectivity index (χ1v) is 11.6. The first-order valence-electron chi connectivity index (χ1n) is 8.66. The third-order valence-electron chi connectivity index (χ3n) is 2.16. The molecule has 0 aromatic carbocycles. The maximum absolute atomic E-state index is 6.08. The van der Waals surface area contributed by atoms with E-state index in [4.69, 9.17) is 24.0 Å². The van der Waals surface area contributed by atoms with E-state index in [1.54, 1.807) is 38.2 Å². The van der Waals surface area contributed by atoms with Gasteiger partial charge in [0.25, 0.3) is 0 Å². The van der Waals surface area contributed by atoms with Gasteiger partial charge >= 0.3 is 160 Å². The number of hydrogen-bond donors (Lipinski definition) is 2. The summed E-state index contributed by atoms with van der Waals surface area (Å²) in [6.07, 6.45) is 23.3. The molecule has 4 nitrogen and oxygen atoms in total. The summed E-state index contributed by atoms with van der Waals surface area (Å²) in [6, 6.07) is 0.